The molecule has 0 aromatic carbocycles. The molecule has 30 heavy (non-hydrogen) atoms. The third-order valence-corrected chi connectivity index (χ3v) is 10.2. The van der Waals surface area contributed by atoms with E-state index in [1.165, 1.54) is 57.9 Å². The van der Waals surface area contributed by atoms with Gasteiger partial charge in [0.1, 0.15) is 6.10 Å². The first-order valence-corrected chi connectivity index (χ1v) is 12.2. The summed E-state index contributed by atoms with van der Waals surface area (Å²) >= 11 is 0. The van der Waals surface area contributed by atoms with E-state index in [9.17, 15) is 9.59 Å². The number of carboxylic acids is 1. The van der Waals surface area contributed by atoms with E-state index in [2.05, 4.69) is 20.8 Å². The largest absolute Gasteiger partial charge is 0.478 e. The summed E-state index contributed by atoms with van der Waals surface area (Å²) in [5, 5.41) is 9.05. The predicted octanol–water partition coefficient (Wildman–Crippen LogP) is 5.85. The quantitative estimate of drug-likeness (QED) is 0.461. The maximum atomic E-state index is 11.5. The topological polar surface area (TPSA) is 63.6 Å². The maximum absolute atomic E-state index is 11.5. The molecule has 0 heterocycles. The molecule has 4 saturated carbocycles. The molecule has 4 nitrogen and oxygen atoms in total. The van der Waals surface area contributed by atoms with Gasteiger partial charge in [-0.25, -0.2) is 4.79 Å². The second-order valence-corrected chi connectivity index (χ2v) is 11.4. The Bertz CT molecular complexity index is 714. The molecule has 4 fully saturated rings. The molecule has 4 heteroatoms. The Balaban J connectivity index is 1.50. The van der Waals surface area contributed by atoms with Crippen LogP contribution in [0.4, 0.5) is 0 Å². The van der Waals surface area contributed by atoms with Gasteiger partial charge in [0.25, 0.3) is 0 Å². The fourth-order valence-electron chi connectivity index (χ4n) is 8.83. The van der Waals surface area contributed by atoms with Crippen LogP contribution in [0, 0.1) is 46.3 Å². The first-order chi connectivity index (χ1) is 14.1. The minimum Gasteiger partial charge on any atom is -0.478 e. The molecule has 0 saturated heterocycles. The monoisotopic (exact) mass is 416 g/mol. The number of hydrogen-bond acceptors (Lipinski definition) is 3. The van der Waals surface area contributed by atoms with Crippen LogP contribution in [-0.4, -0.2) is 23.1 Å². The zero-order chi connectivity index (χ0) is 21.7. The van der Waals surface area contributed by atoms with E-state index in [1.807, 2.05) is 6.08 Å². The number of rotatable bonds is 4. The molecular formula is C26H40O4. The van der Waals surface area contributed by atoms with Crippen LogP contribution in [0.1, 0.15) is 85.5 Å². The van der Waals surface area contributed by atoms with Crippen LogP contribution < -0.4 is 0 Å². The first kappa shape index (κ1) is 21.9. The van der Waals surface area contributed by atoms with Gasteiger partial charge in [0.15, 0.2) is 0 Å². The molecular weight excluding hydrogens is 376 g/mol. The summed E-state index contributed by atoms with van der Waals surface area (Å²) in [4.78, 5) is 22.5. The van der Waals surface area contributed by atoms with Crippen molar-refractivity contribution in [2.45, 2.75) is 91.6 Å². The van der Waals surface area contributed by atoms with Crippen molar-refractivity contribution >= 4 is 11.9 Å². The van der Waals surface area contributed by atoms with Gasteiger partial charge >= 0.3 is 11.9 Å². The highest BCUT2D eigenvalue weighted by Crippen LogP contribution is 2.68. The average molecular weight is 417 g/mol. The predicted molar refractivity (Wildman–Crippen MR) is 117 cm³/mol. The van der Waals surface area contributed by atoms with E-state index in [0.717, 1.165) is 30.6 Å². The van der Waals surface area contributed by atoms with Gasteiger partial charge in [0.05, 0.1) is 0 Å². The summed E-state index contributed by atoms with van der Waals surface area (Å²) < 4.78 is 5.60. The van der Waals surface area contributed by atoms with E-state index in [-0.39, 0.29) is 12.1 Å². The lowest BCUT2D eigenvalue weighted by Crippen LogP contribution is -2.54. The molecule has 2 unspecified atom stereocenters. The molecule has 0 aliphatic heterocycles. The Labute approximate surface area is 181 Å². The standard InChI is InChI=1S/C26H40O4/c1-16(5-10-24(28)29)21-8-9-22-20-7-6-18-15-19(30-17(2)27)11-13-25(18,3)23(20)12-14-26(21,22)4/h5,10,16,18-23H,6-9,11-15H2,1-4H3,(H,28,29)/t16-,18?,19?,20+,21-,22+,23+,25+,26-/m1/s1. The number of fused-ring (bicyclic) bond motifs is 5. The molecule has 4 aliphatic rings. The third kappa shape index (κ3) is 3.62. The number of allylic oxidation sites excluding steroid dienone is 1. The molecule has 0 aromatic heterocycles. The van der Waals surface area contributed by atoms with E-state index in [4.69, 9.17) is 9.84 Å². The van der Waals surface area contributed by atoms with Crippen molar-refractivity contribution in [3.05, 3.63) is 12.2 Å². The summed E-state index contributed by atoms with van der Waals surface area (Å²) in [5.41, 5.74) is 0.745. The third-order valence-electron chi connectivity index (χ3n) is 10.2. The van der Waals surface area contributed by atoms with Crippen molar-refractivity contribution in [1.29, 1.82) is 0 Å². The lowest BCUT2D eigenvalue weighted by molar-refractivity contribution is -0.160. The fourth-order valence-corrected chi connectivity index (χ4v) is 8.83. The van der Waals surface area contributed by atoms with Gasteiger partial charge < -0.3 is 9.84 Å². The second kappa shape index (κ2) is 7.98. The van der Waals surface area contributed by atoms with Crippen LogP contribution in [0.15, 0.2) is 12.2 Å². The number of carbonyl (C=O) groups excluding carboxylic acids is 1. The van der Waals surface area contributed by atoms with Gasteiger partial charge in [-0.05, 0) is 104 Å². The van der Waals surface area contributed by atoms with Gasteiger partial charge in [-0.2, -0.15) is 0 Å². The Morgan fingerprint density at radius 3 is 2.40 bits per heavy atom. The molecule has 0 radical (unpaired) electrons. The van der Waals surface area contributed by atoms with Crippen molar-refractivity contribution in [1.82, 2.24) is 0 Å². The molecule has 0 spiro atoms. The molecule has 1 N–H and O–H groups in total. The number of hydrogen-bond donors (Lipinski definition) is 1. The number of carbonyl (C=O) groups is 2. The van der Waals surface area contributed by atoms with Crippen LogP contribution in [0.3, 0.4) is 0 Å². The van der Waals surface area contributed by atoms with Crippen LogP contribution >= 0.6 is 0 Å². The van der Waals surface area contributed by atoms with Crippen LogP contribution in [-0.2, 0) is 14.3 Å². The summed E-state index contributed by atoms with van der Waals surface area (Å²) in [6.07, 6.45) is 14.4. The SMILES string of the molecule is CC(=O)OC1CC[C@@]2(C)C(CC[C@H]3[C@@H]4CC[C@H]([C@H](C)C=CC(=O)O)[C@@]4(C)CC[C@@H]32)C1. The Morgan fingerprint density at radius 1 is 1.00 bits per heavy atom. The average Bonchev–Trinajstić information content (AvgIpc) is 3.03. The molecule has 4 aliphatic carbocycles. The Kier molecular flexibility index (Phi) is 5.83. The van der Waals surface area contributed by atoms with Gasteiger partial charge in [-0.15, -0.1) is 0 Å². The zero-order valence-electron chi connectivity index (χ0n) is 19.2. The lowest BCUT2D eigenvalue weighted by Gasteiger charge is -2.61. The minimum atomic E-state index is -0.833. The second-order valence-electron chi connectivity index (χ2n) is 11.4. The van der Waals surface area contributed by atoms with Gasteiger partial charge in [-0.1, -0.05) is 26.8 Å². The summed E-state index contributed by atoms with van der Waals surface area (Å²) in [6, 6.07) is 0. The highest BCUT2D eigenvalue weighted by Gasteiger charge is 2.60. The van der Waals surface area contributed by atoms with Crippen molar-refractivity contribution in [3.63, 3.8) is 0 Å². The van der Waals surface area contributed by atoms with E-state index in [1.54, 1.807) is 0 Å². The van der Waals surface area contributed by atoms with Crippen molar-refractivity contribution in [2.75, 3.05) is 0 Å². The van der Waals surface area contributed by atoms with E-state index in [0.29, 0.717) is 28.6 Å². The number of aliphatic carboxylic acids is 1. The van der Waals surface area contributed by atoms with Gasteiger partial charge in [-0.3, -0.25) is 4.79 Å². The highest BCUT2D eigenvalue weighted by atomic mass is 16.5. The van der Waals surface area contributed by atoms with Crippen LogP contribution in [0.25, 0.3) is 0 Å². The summed E-state index contributed by atoms with van der Waals surface area (Å²) in [7, 11) is 0. The molecule has 168 valence electrons. The van der Waals surface area contributed by atoms with Crippen molar-refractivity contribution < 1.29 is 19.4 Å². The van der Waals surface area contributed by atoms with E-state index >= 15 is 0 Å². The zero-order valence-corrected chi connectivity index (χ0v) is 19.2. The molecule has 0 bridgehead atoms. The molecule has 0 amide bonds. The van der Waals surface area contributed by atoms with Gasteiger partial charge in [0, 0.05) is 13.0 Å². The summed E-state index contributed by atoms with van der Waals surface area (Å²) in [5.74, 6) is 3.06. The number of ether oxygens (including phenoxy) is 1. The molecule has 0 aromatic rings. The highest BCUT2D eigenvalue weighted by molar-refractivity contribution is 5.79. The maximum Gasteiger partial charge on any atom is 0.327 e. The fraction of sp³-hybridized carbons (Fsp3) is 0.846. The molecule has 9 atom stereocenters. The lowest BCUT2D eigenvalue weighted by atomic mass is 9.44. The Morgan fingerprint density at radius 2 is 1.70 bits per heavy atom. The Hall–Kier alpha value is -1.32. The first-order valence-electron chi connectivity index (χ1n) is 12.2. The normalized spacial score (nSPS) is 46.5. The minimum absolute atomic E-state index is 0.128. The van der Waals surface area contributed by atoms with E-state index < -0.39 is 5.97 Å². The number of esters is 1. The van der Waals surface area contributed by atoms with Crippen LogP contribution in [0.5, 0.6) is 0 Å². The van der Waals surface area contributed by atoms with Gasteiger partial charge in [0.2, 0.25) is 0 Å². The molecule has 4 rings (SSSR count). The smallest absolute Gasteiger partial charge is 0.327 e. The van der Waals surface area contributed by atoms with Crippen molar-refractivity contribution in [2.24, 2.45) is 46.3 Å². The number of carboxylic acid groups (broad SMARTS) is 1. The van der Waals surface area contributed by atoms with Crippen molar-refractivity contribution in [3.8, 4) is 0 Å². The van der Waals surface area contributed by atoms with Crippen LogP contribution in [0.2, 0.25) is 0 Å². The summed E-state index contributed by atoms with van der Waals surface area (Å²) in [6.45, 7) is 8.82.